The molecule has 0 heterocycles. The Morgan fingerprint density at radius 1 is 1.40 bits per heavy atom. The topological polar surface area (TPSA) is 54.3 Å². The van der Waals surface area contributed by atoms with E-state index in [1.807, 2.05) is 32.0 Å². The maximum Gasteiger partial charge on any atom is 0.161 e. The fourth-order valence-electron chi connectivity index (χ4n) is 2.10. The minimum atomic E-state index is -0.515. The molecule has 0 radical (unpaired) electrons. The second-order valence-corrected chi connectivity index (χ2v) is 5.62. The van der Waals surface area contributed by atoms with Gasteiger partial charge in [-0.3, -0.25) is 5.32 Å². The lowest BCUT2D eigenvalue weighted by atomic mass is 10.0. The first-order valence-corrected chi connectivity index (χ1v) is 7.03. The molecule has 4 nitrogen and oxygen atoms in total. The lowest BCUT2D eigenvalue weighted by molar-refractivity contribution is 0.254. The van der Waals surface area contributed by atoms with Gasteiger partial charge >= 0.3 is 0 Å². The first-order valence-electron chi connectivity index (χ1n) is 7.03. The minimum Gasteiger partial charge on any atom is -0.493 e. The van der Waals surface area contributed by atoms with E-state index in [4.69, 9.17) is 9.47 Å². The molecule has 0 aliphatic heterocycles. The largest absolute Gasteiger partial charge is 0.493 e. The molecule has 0 aromatic heterocycles. The number of aryl methyl sites for hydroxylation is 1. The number of benzene rings is 1. The predicted octanol–water partition coefficient (Wildman–Crippen LogP) is 2.81. The highest BCUT2D eigenvalue weighted by Crippen LogP contribution is 2.29. The van der Waals surface area contributed by atoms with Crippen LogP contribution in [0.25, 0.3) is 0 Å². The van der Waals surface area contributed by atoms with Crippen LogP contribution in [0.2, 0.25) is 0 Å². The van der Waals surface area contributed by atoms with Gasteiger partial charge in [-0.1, -0.05) is 6.07 Å². The summed E-state index contributed by atoms with van der Waals surface area (Å²) in [6.07, 6.45) is 2.99. The van der Waals surface area contributed by atoms with Crippen LogP contribution in [0.5, 0.6) is 11.5 Å². The van der Waals surface area contributed by atoms with Crippen molar-refractivity contribution in [3.8, 4) is 17.6 Å². The number of hydrogen-bond acceptors (Lipinski definition) is 4. The van der Waals surface area contributed by atoms with Gasteiger partial charge < -0.3 is 9.47 Å². The average Bonchev–Trinajstić information content (AvgIpc) is 3.24. The molecule has 1 N–H and O–H groups in total. The molecule has 2 rings (SSSR count). The van der Waals surface area contributed by atoms with Gasteiger partial charge in [0.05, 0.1) is 19.8 Å². The number of nitriles is 1. The van der Waals surface area contributed by atoms with E-state index in [0.29, 0.717) is 19.1 Å². The smallest absolute Gasteiger partial charge is 0.161 e. The van der Waals surface area contributed by atoms with Crippen LogP contribution < -0.4 is 14.8 Å². The van der Waals surface area contributed by atoms with Crippen LogP contribution >= 0.6 is 0 Å². The maximum absolute atomic E-state index is 9.30. The second-order valence-electron chi connectivity index (χ2n) is 5.62. The van der Waals surface area contributed by atoms with Crippen LogP contribution in [0, 0.1) is 18.3 Å². The number of methoxy groups -OCH3 is 1. The monoisotopic (exact) mass is 274 g/mol. The quantitative estimate of drug-likeness (QED) is 0.830. The van der Waals surface area contributed by atoms with E-state index in [1.165, 1.54) is 12.8 Å². The molecule has 1 atom stereocenters. The fourth-order valence-corrected chi connectivity index (χ4v) is 2.10. The van der Waals surface area contributed by atoms with E-state index in [9.17, 15) is 5.26 Å². The van der Waals surface area contributed by atoms with E-state index in [-0.39, 0.29) is 0 Å². The summed E-state index contributed by atoms with van der Waals surface area (Å²) < 4.78 is 11.1. The van der Waals surface area contributed by atoms with Gasteiger partial charge in [-0.05, 0) is 44.4 Å². The second kappa shape index (κ2) is 6.15. The van der Waals surface area contributed by atoms with Crippen molar-refractivity contribution in [2.45, 2.75) is 44.7 Å². The summed E-state index contributed by atoms with van der Waals surface area (Å²) in [5.41, 5.74) is 0.616. The van der Waals surface area contributed by atoms with E-state index in [0.717, 1.165) is 17.1 Å². The van der Waals surface area contributed by atoms with Crippen LogP contribution in [-0.2, 0) is 0 Å². The highest BCUT2D eigenvalue weighted by atomic mass is 16.5. The number of nitrogens with one attached hydrogen (secondary N) is 1. The third kappa shape index (κ3) is 3.88. The average molecular weight is 274 g/mol. The Bertz CT molecular complexity index is 506. The summed E-state index contributed by atoms with van der Waals surface area (Å²) in [5.74, 6) is 1.46. The highest BCUT2D eigenvalue weighted by Gasteiger charge is 2.32. The Morgan fingerprint density at radius 3 is 2.75 bits per heavy atom. The molecule has 0 amide bonds. The molecule has 1 aromatic rings. The Labute approximate surface area is 120 Å². The number of ether oxygens (including phenoxy) is 2. The number of hydrogen-bond donors (Lipinski definition) is 1. The Kier molecular flexibility index (Phi) is 4.51. The van der Waals surface area contributed by atoms with Crippen molar-refractivity contribution < 1.29 is 9.47 Å². The highest BCUT2D eigenvalue weighted by molar-refractivity contribution is 5.42. The lowest BCUT2D eigenvalue weighted by Crippen LogP contribution is -2.43. The zero-order valence-electron chi connectivity index (χ0n) is 12.4. The summed E-state index contributed by atoms with van der Waals surface area (Å²) in [4.78, 5) is 0. The van der Waals surface area contributed by atoms with E-state index >= 15 is 0 Å². The summed E-state index contributed by atoms with van der Waals surface area (Å²) >= 11 is 0. The van der Waals surface area contributed by atoms with Gasteiger partial charge in [-0.2, -0.15) is 5.26 Å². The van der Waals surface area contributed by atoms with Crippen molar-refractivity contribution >= 4 is 0 Å². The third-order valence-electron chi connectivity index (χ3n) is 3.53. The lowest BCUT2D eigenvalue weighted by Gasteiger charge is -2.23. The molecule has 1 unspecified atom stereocenters. The van der Waals surface area contributed by atoms with Crippen molar-refractivity contribution in [3.63, 3.8) is 0 Å². The van der Waals surface area contributed by atoms with Crippen molar-refractivity contribution in [1.29, 1.82) is 5.26 Å². The zero-order chi connectivity index (χ0) is 14.6. The van der Waals surface area contributed by atoms with Crippen molar-refractivity contribution in [2.75, 3.05) is 13.7 Å². The molecule has 20 heavy (non-hydrogen) atoms. The Hall–Kier alpha value is -1.73. The number of nitrogens with zero attached hydrogens (tertiary/aromatic N) is 1. The molecule has 4 heteroatoms. The predicted molar refractivity (Wildman–Crippen MR) is 78.0 cm³/mol. The third-order valence-corrected chi connectivity index (χ3v) is 3.53. The summed E-state index contributed by atoms with van der Waals surface area (Å²) in [6.45, 7) is 4.43. The van der Waals surface area contributed by atoms with Gasteiger partial charge in [0.2, 0.25) is 0 Å². The van der Waals surface area contributed by atoms with Gasteiger partial charge in [0, 0.05) is 12.5 Å². The van der Waals surface area contributed by atoms with E-state index < -0.39 is 5.54 Å². The van der Waals surface area contributed by atoms with Crippen LogP contribution in [0.3, 0.4) is 0 Å². The van der Waals surface area contributed by atoms with Crippen molar-refractivity contribution in [1.82, 2.24) is 5.32 Å². The molecule has 0 bridgehead atoms. The molecule has 1 aromatic carbocycles. The van der Waals surface area contributed by atoms with Gasteiger partial charge in [0.15, 0.2) is 11.5 Å². The summed E-state index contributed by atoms with van der Waals surface area (Å²) in [5, 5.41) is 12.7. The molecule has 0 spiro atoms. The molecule has 1 saturated carbocycles. The molecule has 0 saturated heterocycles. The molecule has 1 aliphatic carbocycles. The zero-order valence-corrected chi connectivity index (χ0v) is 12.4. The summed E-state index contributed by atoms with van der Waals surface area (Å²) in [6, 6.07) is 8.70. The van der Waals surface area contributed by atoms with E-state index in [1.54, 1.807) is 7.11 Å². The fraction of sp³-hybridized carbons (Fsp3) is 0.562. The van der Waals surface area contributed by atoms with Gasteiger partial charge in [-0.15, -0.1) is 0 Å². The minimum absolute atomic E-state index is 0.489. The molecular weight excluding hydrogens is 252 g/mol. The Morgan fingerprint density at radius 2 is 2.15 bits per heavy atom. The van der Waals surface area contributed by atoms with Gasteiger partial charge in [-0.25, -0.2) is 0 Å². The van der Waals surface area contributed by atoms with Crippen LogP contribution in [0.4, 0.5) is 0 Å². The molecule has 1 fully saturated rings. The van der Waals surface area contributed by atoms with Crippen molar-refractivity contribution in [2.24, 2.45) is 0 Å². The normalized spacial score (nSPS) is 17.1. The molecular formula is C16H22N2O2. The summed E-state index contributed by atoms with van der Waals surface area (Å²) in [7, 11) is 1.63. The van der Waals surface area contributed by atoms with E-state index in [2.05, 4.69) is 11.4 Å². The SMILES string of the molecule is COc1cc(C)ccc1OCCC(C)(C#N)NC1CC1. The maximum atomic E-state index is 9.30. The molecule has 1 aliphatic rings. The van der Waals surface area contributed by atoms with Crippen LogP contribution in [0.15, 0.2) is 18.2 Å². The van der Waals surface area contributed by atoms with Gasteiger partial charge in [0.25, 0.3) is 0 Å². The standard InChI is InChI=1S/C16H22N2O2/c1-12-4-7-14(15(10-12)19-3)20-9-8-16(2,11-17)18-13-5-6-13/h4,7,10,13,18H,5-6,8-9H2,1-3H3. The Balaban J connectivity index is 1.90. The first kappa shape index (κ1) is 14.7. The first-order chi connectivity index (χ1) is 9.56. The van der Waals surface area contributed by atoms with Gasteiger partial charge in [0.1, 0.15) is 5.54 Å². The van der Waals surface area contributed by atoms with Crippen LogP contribution in [-0.4, -0.2) is 25.3 Å². The molecule has 108 valence electrons. The number of rotatable bonds is 7. The van der Waals surface area contributed by atoms with Crippen LogP contribution in [0.1, 0.15) is 31.7 Å². The van der Waals surface area contributed by atoms with Crippen molar-refractivity contribution in [3.05, 3.63) is 23.8 Å².